The van der Waals surface area contributed by atoms with Crippen LogP contribution in [0.3, 0.4) is 0 Å². The Balaban J connectivity index is 2.32. The van der Waals surface area contributed by atoms with Crippen LogP contribution in [0.25, 0.3) is 0 Å². The molecule has 0 saturated carbocycles. The van der Waals surface area contributed by atoms with Crippen LogP contribution >= 0.6 is 0 Å². The van der Waals surface area contributed by atoms with E-state index in [1.807, 2.05) is 25.3 Å². The Morgan fingerprint density at radius 2 is 1.90 bits per heavy atom. The van der Waals surface area contributed by atoms with Crippen molar-refractivity contribution in [1.82, 2.24) is 4.98 Å². The maximum atomic E-state index is 13.1. The molecule has 0 radical (unpaired) electrons. The summed E-state index contributed by atoms with van der Waals surface area (Å²) in [7, 11) is 0. The Morgan fingerprint density at radius 1 is 1.20 bits per heavy atom. The van der Waals surface area contributed by atoms with Crippen LogP contribution in [0.1, 0.15) is 24.2 Å². The summed E-state index contributed by atoms with van der Waals surface area (Å²) in [6.45, 7) is 5.30. The third-order valence-electron chi connectivity index (χ3n) is 3.42. The molecule has 3 nitrogen and oxygen atoms in total. The third-order valence-corrected chi connectivity index (χ3v) is 3.42. The van der Waals surface area contributed by atoms with Crippen LogP contribution in [0.4, 0.5) is 10.1 Å². The minimum absolute atomic E-state index is 0.0403. The summed E-state index contributed by atoms with van der Waals surface area (Å²) in [6, 6.07) is 10.6. The largest absolute Gasteiger partial charge is 0.363 e. The van der Waals surface area contributed by atoms with E-state index in [1.165, 1.54) is 12.1 Å². The van der Waals surface area contributed by atoms with Gasteiger partial charge in [0.2, 0.25) is 0 Å². The fourth-order valence-corrected chi connectivity index (χ4v) is 2.34. The van der Waals surface area contributed by atoms with Gasteiger partial charge in [-0.2, -0.15) is 0 Å². The van der Waals surface area contributed by atoms with Crippen molar-refractivity contribution in [1.29, 1.82) is 0 Å². The highest BCUT2D eigenvalue weighted by Crippen LogP contribution is 2.26. The van der Waals surface area contributed by atoms with E-state index < -0.39 is 0 Å². The number of likely N-dealkylation sites (N-methyl/N-ethyl adjacent to an activating group) is 1. The van der Waals surface area contributed by atoms with Gasteiger partial charge >= 0.3 is 0 Å². The molecule has 2 aromatic rings. The number of nitrogens with zero attached hydrogens (tertiary/aromatic N) is 2. The van der Waals surface area contributed by atoms with Gasteiger partial charge in [0.05, 0.1) is 6.04 Å². The quantitative estimate of drug-likeness (QED) is 0.910. The molecule has 0 fully saturated rings. The Labute approximate surface area is 119 Å². The Bertz CT molecular complexity index is 485. The van der Waals surface area contributed by atoms with E-state index in [4.69, 9.17) is 5.73 Å². The van der Waals surface area contributed by atoms with Crippen molar-refractivity contribution in [3.63, 3.8) is 0 Å². The Kier molecular flexibility index (Phi) is 4.69. The molecule has 0 aliphatic heterocycles. The van der Waals surface area contributed by atoms with Crippen LogP contribution in [0.2, 0.25) is 0 Å². The topological polar surface area (TPSA) is 42.1 Å². The molecule has 1 unspecified atom stereocenters. The van der Waals surface area contributed by atoms with Gasteiger partial charge in [-0.3, -0.25) is 4.98 Å². The van der Waals surface area contributed by atoms with Crippen LogP contribution in [0.15, 0.2) is 42.6 Å². The predicted molar refractivity (Wildman–Crippen MR) is 80.2 cm³/mol. The van der Waals surface area contributed by atoms with Crippen molar-refractivity contribution < 1.29 is 4.39 Å². The smallest absolute Gasteiger partial charge is 0.123 e. The van der Waals surface area contributed by atoms with E-state index in [0.717, 1.165) is 23.5 Å². The van der Waals surface area contributed by atoms with Gasteiger partial charge in [-0.05, 0) is 49.7 Å². The second kappa shape index (κ2) is 6.48. The monoisotopic (exact) mass is 273 g/mol. The number of aryl methyl sites for hydroxylation is 1. The van der Waals surface area contributed by atoms with E-state index in [2.05, 4.69) is 16.8 Å². The Morgan fingerprint density at radius 3 is 2.40 bits per heavy atom. The number of benzene rings is 1. The fraction of sp³-hybridized carbons (Fsp3) is 0.312. The number of aromatic nitrogens is 1. The molecule has 0 saturated heterocycles. The molecule has 1 aromatic carbocycles. The van der Waals surface area contributed by atoms with Gasteiger partial charge in [0.15, 0.2) is 0 Å². The van der Waals surface area contributed by atoms with Crippen molar-refractivity contribution in [3.8, 4) is 0 Å². The lowest BCUT2D eigenvalue weighted by Gasteiger charge is -2.32. The molecule has 2 N–H and O–H groups in total. The highest BCUT2D eigenvalue weighted by Gasteiger charge is 2.18. The second-order valence-electron chi connectivity index (χ2n) is 4.75. The third kappa shape index (κ3) is 3.14. The van der Waals surface area contributed by atoms with Gasteiger partial charge in [0, 0.05) is 30.7 Å². The zero-order chi connectivity index (χ0) is 14.5. The molecule has 0 aliphatic carbocycles. The van der Waals surface area contributed by atoms with E-state index in [-0.39, 0.29) is 11.9 Å². The first-order valence-corrected chi connectivity index (χ1v) is 6.80. The van der Waals surface area contributed by atoms with E-state index in [1.54, 1.807) is 12.1 Å². The first-order chi connectivity index (χ1) is 9.65. The number of halogens is 1. The molecule has 1 heterocycles. The molecule has 4 heteroatoms. The minimum Gasteiger partial charge on any atom is -0.363 e. The molecule has 0 bridgehead atoms. The molecule has 0 amide bonds. The normalized spacial score (nSPS) is 12.2. The van der Waals surface area contributed by atoms with Crippen molar-refractivity contribution in [2.24, 2.45) is 5.73 Å². The number of hydrogen-bond acceptors (Lipinski definition) is 3. The zero-order valence-electron chi connectivity index (χ0n) is 11.9. The van der Waals surface area contributed by atoms with Gasteiger partial charge in [-0.15, -0.1) is 0 Å². The summed E-state index contributed by atoms with van der Waals surface area (Å²) in [5.41, 5.74) is 8.96. The van der Waals surface area contributed by atoms with Gasteiger partial charge < -0.3 is 10.6 Å². The lowest BCUT2D eigenvalue weighted by molar-refractivity contribution is 0.621. The van der Waals surface area contributed by atoms with Crippen molar-refractivity contribution >= 4 is 5.69 Å². The van der Waals surface area contributed by atoms with Crippen molar-refractivity contribution in [2.75, 3.05) is 18.0 Å². The van der Waals surface area contributed by atoms with E-state index >= 15 is 0 Å². The first-order valence-electron chi connectivity index (χ1n) is 6.80. The molecule has 20 heavy (non-hydrogen) atoms. The van der Waals surface area contributed by atoms with Crippen LogP contribution in [0.5, 0.6) is 0 Å². The first kappa shape index (κ1) is 14.5. The predicted octanol–water partition coefficient (Wildman–Crippen LogP) is 3.06. The fourth-order valence-electron chi connectivity index (χ4n) is 2.34. The van der Waals surface area contributed by atoms with Gasteiger partial charge in [0.1, 0.15) is 5.82 Å². The van der Waals surface area contributed by atoms with Crippen molar-refractivity contribution in [2.45, 2.75) is 19.9 Å². The van der Waals surface area contributed by atoms with E-state index in [0.29, 0.717) is 6.54 Å². The van der Waals surface area contributed by atoms with Gasteiger partial charge in [0.25, 0.3) is 0 Å². The summed E-state index contributed by atoms with van der Waals surface area (Å²) < 4.78 is 13.1. The summed E-state index contributed by atoms with van der Waals surface area (Å²) in [5.74, 6) is -0.230. The SMILES string of the molecule is CCN(c1ccc(F)cc1)C(CN)c1ccc(C)nc1. The van der Waals surface area contributed by atoms with Crippen molar-refractivity contribution in [3.05, 3.63) is 59.7 Å². The maximum absolute atomic E-state index is 13.1. The summed E-state index contributed by atoms with van der Waals surface area (Å²) in [6.07, 6.45) is 1.86. The van der Waals surface area contributed by atoms with Gasteiger partial charge in [-0.25, -0.2) is 4.39 Å². The lowest BCUT2D eigenvalue weighted by atomic mass is 10.1. The molecule has 1 aromatic heterocycles. The van der Waals surface area contributed by atoms with Crippen LogP contribution in [-0.4, -0.2) is 18.1 Å². The molecule has 0 spiro atoms. The number of hydrogen-bond donors (Lipinski definition) is 1. The lowest BCUT2D eigenvalue weighted by Crippen LogP contribution is -2.33. The van der Waals surface area contributed by atoms with Gasteiger partial charge in [-0.1, -0.05) is 6.07 Å². The molecule has 106 valence electrons. The average molecular weight is 273 g/mol. The highest BCUT2D eigenvalue weighted by atomic mass is 19.1. The minimum atomic E-state index is -0.230. The molecule has 0 aliphatic rings. The Hall–Kier alpha value is -1.94. The zero-order valence-corrected chi connectivity index (χ0v) is 11.9. The number of pyridine rings is 1. The number of anilines is 1. The number of nitrogens with two attached hydrogens (primary N) is 1. The molecule has 2 rings (SSSR count). The maximum Gasteiger partial charge on any atom is 0.123 e. The number of rotatable bonds is 5. The molecular weight excluding hydrogens is 253 g/mol. The van der Waals surface area contributed by atoms with E-state index in [9.17, 15) is 4.39 Å². The van der Waals surface area contributed by atoms with Crippen LogP contribution in [-0.2, 0) is 0 Å². The molecular formula is C16H20FN3. The highest BCUT2D eigenvalue weighted by molar-refractivity contribution is 5.49. The van der Waals surface area contributed by atoms with Crippen LogP contribution < -0.4 is 10.6 Å². The molecule has 1 atom stereocenters. The van der Waals surface area contributed by atoms with Crippen LogP contribution in [0, 0.1) is 12.7 Å². The average Bonchev–Trinajstić information content (AvgIpc) is 2.47. The second-order valence-corrected chi connectivity index (χ2v) is 4.75. The summed E-state index contributed by atoms with van der Waals surface area (Å²) in [5, 5.41) is 0. The standard InChI is InChI=1S/C16H20FN3/c1-3-20(15-8-6-14(17)7-9-15)16(10-18)13-5-4-12(2)19-11-13/h4-9,11,16H,3,10,18H2,1-2H3. The summed E-state index contributed by atoms with van der Waals surface area (Å²) in [4.78, 5) is 6.49. The summed E-state index contributed by atoms with van der Waals surface area (Å²) >= 11 is 0.